The molecule has 0 radical (unpaired) electrons. The van der Waals surface area contributed by atoms with E-state index in [2.05, 4.69) is 43.8 Å². The van der Waals surface area contributed by atoms with Crippen LogP contribution in [0.5, 0.6) is 0 Å². The molecule has 0 aliphatic heterocycles. The predicted molar refractivity (Wildman–Crippen MR) is 74.2 cm³/mol. The molecule has 0 spiro atoms. The lowest BCUT2D eigenvalue weighted by Crippen LogP contribution is -2.12. The van der Waals surface area contributed by atoms with Crippen molar-refractivity contribution in [1.82, 2.24) is 4.57 Å². The summed E-state index contributed by atoms with van der Waals surface area (Å²) >= 11 is 4.18. The molecular formula is C14H15NOS. The summed E-state index contributed by atoms with van der Waals surface area (Å²) in [5, 5.41) is 0. The van der Waals surface area contributed by atoms with Crippen molar-refractivity contribution >= 4 is 12.6 Å². The van der Waals surface area contributed by atoms with Gasteiger partial charge in [0, 0.05) is 35.0 Å². The molecule has 3 heteroatoms. The predicted octanol–water partition coefficient (Wildman–Crippen LogP) is 2.88. The maximum Gasteiger partial charge on any atom is 0.185 e. The van der Waals surface area contributed by atoms with Crippen LogP contribution in [0.15, 0.2) is 41.3 Å². The van der Waals surface area contributed by atoms with Crippen molar-refractivity contribution in [3.05, 3.63) is 63.6 Å². The van der Waals surface area contributed by atoms with Gasteiger partial charge in [-0.2, -0.15) is 12.6 Å². The fourth-order valence-corrected chi connectivity index (χ4v) is 2.01. The van der Waals surface area contributed by atoms with Gasteiger partial charge in [-0.05, 0) is 26.0 Å². The van der Waals surface area contributed by atoms with Gasteiger partial charge in [-0.25, -0.2) is 0 Å². The minimum Gasteiger partial charge on any atom is -0.321 e. The lowest BCUT2D eigenvalue weighted by atomic mass is 10.2. The average molecular weight is 245 g/mol. The zero-order chi connectivity index (χ0) is 12.4. The molecule has 0 saturated heterocycles. The Morgan fingerprint density at radius 1 is 1.18 bits per heavy atom. The van der Waals surface area contributed by atoms with E-state index in [-0.39, 0.29) is 5.43 Å². The van der Waals surface area contributed by atoms with Gasteiger partial charge in [0.25, 0.3) is 0 Å². The summed E-state index contributed by atoms with van der Waals surface area (Å²) < 4.78 is 2.02. The Morgan fingerprint density at radius 2 is 1.82 bits per heavy atom. The van der Waals surface area contributed by atoms with E-state index < -0.39 is 0 Å². The quantitative estimate of drug-likeness (QED) is 0.807. The van der Waals surface area contributed by atoms with Gasteiger partial charge in [0.15, 0.2) is 5.43 Å². The number of aryl methyl sites for hydroxylation is 2. The standard InChI is InChI=1S/C14H15NOS/c1-10-3-5-13(6-4-10)15-8-12(9-17)14(16)7-11(15)2/h3-8,17H,9H2,1-2H3. The highest BCUT2D eigenvalue weighted by Crippen LogP contribution is 2.12. The molecule has 0 aliphatic rings. The molecule has 2 rings (SSSR count). The Balaban J connectivity index is 2.59. The van der Waals surface area contributed by atoms with Crippen LogP contribution in [0.1, 0.15) is 16.8 Å². The van der Waals surface area contributed by atoms with E-state index >= 15 is 0 Å². The van der Waals surface area contributed by atoms with Crippen LogP contribution < -0.4 is 5.43 Å². The van der Waals surface area contributed by atoms with Gasteiger partial charge in [0.2, 0.25) is 0 Å². The summed E-state index contributed by atoms with van der Waals surface area (Å²) in [4.78, 5) is 11.6. The van der Waals surface area contributed by atoms with Gasteiger partial charge in [-0.15, -0.1) is 0 Å². The van der Waals surface area contributed by atoms with Crippen LogP contribution in [0, 0.1) is 13.8 Å². The molecule has 2 nitrogen and oxygen atoms in total. The van der Waals surface area contributed by atoms with E-state index in [0.29, 0.717) is 5.75 Å². The number of nitrogens with zero attached hydrogens (tertiary/aromatic N) is 1. The van der Waals surface area contributed by atoms with Crippen molar-refractivity contribution in [2.24, 2.45) is 0 Å². The highest BCUT2D eigenvalue weighted by atomic mass is 32.1. The van der Waals surface area contributed by atoms with E-state index in [4.69, 9.17) is 0 Å². The minimum atomic E-state index is 0.0564. The van der Waals surface area contributed by atoms with Gasteiger partial charge in [0.1, 0.15) is 0 Å². The molecule has 0 aliphatic carbocycles. The van der Waals surface area contributed by atoms with E-state index in [1.165, 1.54) is 5.56 Å². The molecule has 0 bridgehead atoms. The number of benzene rings is 1. The summed E-state index contributed by atoms with van der Waals surface area (Å²) in [6.07, 6.45) is 1.87. The van der Waals surface area contributed by atoms with Crippen molar-refractivity contribution < 1.29 is 0 Å². The Morgan fingerprint density at radius 3 is 2.41 bits per heavy atom. The summed E-state index contributed by atoms with van der Waals surface area (Å²) in [5.74, 6) is 0.463. The van der Waals surface area contributed by atoms with Crippen LogP contribution in [0.3, 0.4) is 0 Å². The lowest BCUT2D eigenvalue weighted by Gasteiger charge is -2.12. The first-order valence-corrected chi connectivity index (χ1v) is 6.15. The molecule has 88 valence electrons. The first-order chi connectivity index (χ1) is 8.11. The second-order valence-electron chi connectivity index (χ2n) is 4.17. The van der Waals surface area contributed by atoms with Crippen LogP contribution in [-0.2, 0) is 5.75 Å². The van der Waals surface area contributed by atoms with Gasteiger partial charge < -0.3 is 4.57 Å². The molecular weight excluding hydrogens is 230 g/mol. The van der Waals surface area contributed by atoms with E-state index in [9.17, 15) is 4.79 Å². The zero-order valence-corrected chi connectivity index (χ0v) is 10.9. The van der Waals surface area contributed by atoms with Crippen LogP contribution in [-0.4, -0.2) is 4.57 Å². The number of pyridine rings is 1. The first kappa shape index (κ1) is 12.0. The lowest BCUT2D eigenvalue weighted by molar-refractivity contribution is 0.955. The SMILES string of the molecule is Cc1ccc(-n2cc(CS)c(=O)cc2C)cc1. The molecule has 0 unspecified atom stereocenters. The topological polar surface area (TPSA) is 22.0 Å². The molecule has 17 heavy (non-hydrogen) atoms. The third-order valence-electron chi connectivity index (χ3n) is 2.80. The molecule has 2 aromatic rings. The molecule has 0 saturated carbocycles. The van der Waals surface area contributed by atoms with Gasteiger partial charge in [-0.1, -0.05) is 17.7 Å². The Labute approximate surface area is 106 Å². The third-order valence-corrected chi connectivity index (χ3v) is 3.14. The normalized spacial score (nSPS) is 10.5. The van der Waals surface area contributed by atoms with Crippen molar-refractivity contribution in [1.29, 1.82) is 0 Å². The fraction of sp³-hybridized carbons (Fsp3) is 0.214. The zero-order valence-electron chi connectivity index (χ0n) is 9.97. The monoisotopic (exact) mass is 245 g/mol. The number of hydrogen-bond donors (Lipinski definition) is 1. The number of thiol groups is 1. The van der Waals surface area contributed by atoms with E-state index in [0.717, 1.165) is 16.9 Å². The highest BCUT2D eigenvalue weighted by Gasteiger charge is 2.04. The number of rotatable bonds is 2. The molecule has 0 atom stereocenters. The molecule has 1 heterocycles. The minimum absolute atomic E-state index is 0.0564. The largest absolute Gasteiger partial charge is 0.321 e. The van der Waals surface area contributed by atoms with Crippen LogP contribution >= 0.6 is 12.6 Å². The maximum atomic E-state index is 11.6. The molecule has 0 N–H and O–H groups in total. The molecule has 0 amide bonds. The first-order valence-electron chi connectivity index (χ1n) is 5.52. The fourth-order valence-electron chi connectivity index (χ4n) is 1.78. The van der Waals surface area contributed by atoms with Crippen LogP contribution in [0.4, 0.5) is 0 Å². The smallest absolute Gasteiger partial charge is 0.185 e. The average Bonchev–Trinajstić information content (AvgIpc) is 2.31. The van der Waals surface area contributed by atoms with Crippen molar-refractivity contribution in [3.63, 3.8) is 0 Å². The highest BCUT2D eigenvalue weighted by molar-refractivity contribution is 7.79. The Hall–Kier alpha value is -1.48. The van der Waals surface area contributed by atoms with Crippen molar-refractivity contribution in [3.8, 4) is 5.69 Å². The van der Waals surface area contributed by atoms with Crippen molar-refractivity contribution in [2.75, 3.05) is 0 Å². The van der Waals surface area contributed by atoms with Crippen molar-refractivity contribution in [2.45, 2.75) is 19.6 Å². The molecule has 1 aromatic carbocycles. The number of hydrogen-bond acceptors (Lipinski definition) is 2. The molecule has 1 aromatic heterocycles. The second-order valence-corrected chi connectivity index (χ2v) is 4.48. The summed E-state index contributed by atoms with van der Waals surface area (Å²) in [6, 6.07) is 9.89. The maximum absolute atomic E-state index is 11.6. The Kier molecular flexibility index (Phi) is 3.38. The van der Waals surface area contributed by atoms with Crippen LogP contribution in [0.2, 0.25) is 0 Å². The second kappa shape index (κ2) is 4.80. The summed E-state index contributed by atoms with van der Waals surface area (Å²) in [5.41, 5.74) is 4.00. The number of aromatic nitrogens is 1. The van der Waals surface area contributed by atoms with E-state index in [1.807, 2.05) is 17.7 Å². The third kappa shape index (κ3) is 2.44. The van der Waals surface area contributed by atoms with E-state index in [1.54, 1.807) is 6.07 Å². The van der Waals surface area contributed by atoms with Gasteiger partial charge in [-0.3, -0.25) is 4.79 Å². The van der Waals surface area contributed by atoms with Crippen LogP contribution in [0.25, 0.3) is 5.69 Å². The van der Waals surface area contributed by atoms with Gasteiger partial charge >= 0.3 is 0 Å². The molecule has 0 fully saturated rings. The summed E-state index contributed by atoms with van der Waals surface area (Å²) in [6.45, 7) is 3.99. The van der Waals surface area contributed by atoms with Gasteiger partial charge in [0.05, 0.1) is 0 Å². The summed E-state index contributed by atoms with van der Waals surface area (Å²) in [7, 11) is 0. The Bertz CT molecular complexity index is 584.